The summed E-state index contributed by atoms with van der Waals surface area (Å²) in [5.41, 5.74) is 1.31. The molecule has 1 aromatic rings. The van der Waals surface area contributed by atoms with Gasteiger partial charge >= 0.3 is 0 Å². The summed E-state index contributed by atoms with van der Waals surface area (Å²) in [5, 5.41) is 6.23. The van der Waals surface area contributed by atoms with Crippen molar-refractivity contribution in [2.45, 2.75) is 32.6 Å². The van der Waals surface area contributed by atoms with E-state index in [1.165, 1.54) is 5.56 Å². The van der Waals surface area contributed by atoms with Crippen LogP contribution in [0.1, 0.15) is 38.2 Å². The number of nitrogens with one attached hydrogen (secondary N) is 2. The fourth-order valence-corrected chi connectivity index (χ4v) is 2.52. The molecule has 0 radical (unpaired) electrons. The van der Waals surface area contributed by atoms with Gasteiger partial charge in [-0.05, 0) is 49.5 Å². The SMILES string of the molecule is CC(C)c1ccc(OCCNC(=O)C2CCNCC2)cc1. The molecule has 2 N–H and O–H groups in total. The molecule has 1 saturated heterocycles. The minimum atomic E-state index is 0.162. The highest BCUT2D eigenvalue weighted by molar-refractivity contribution is 5.78. The van der Waals surface area contributed by atoms with Crippen LogP contribution in [0.25, 0.3) is 0 Å². The van der Waals surface area contributed by atoms with Crippen LogP contribution in [0, 0.1) is 5.92 Å². The van der Waals surface area contributed by atoms with Gasteiger partial charge in [-0.15, -0.1) is 0 Å². The van der Waals surface area contributed by atoms with Gasteiger partial charge in [0, 0.05) is 5.92 Å². The number of carbonyl (C=O) groups is 1. The monoisotopic (exact) mass is 290 g/mol. The minimum Gasteiger partial charge on any atom is -0.492 e. The van der Waals surface area contributed by atoms with Crippen LogP contribution in [0.4, 0.5) is 0 Å². The average molecular weight is 290 g/mol. The average Bonchev–Trinajstić information content (AvgIpc) is 2.52. The Labute approximate surface area is 127 Å². The van der Waals surface area contributed by atoms with Crippen molar-refractivity contribution < 1.29 is 9.53 Å². The van der Waals surface area contributed by atoms with Gasteiger partial charge in [0.25, 0.3) is 0 Å². The predicted molar refractivity (Wildman–Crippen MR) is 84.6 cm³/mol. The molecule has 2 rings (SSSR count). The fraction of sp³-hybridized carbons (Fsp3) is 0.588. The van der Waals surface area contributed by atoms with E-state index in [9.17, 15) is 4.79 Å². The molecule has 0 saturated carbocycles. The Hall–Kier alpha value is -1.55. The maximum atomic E-state index is 11.9. The van der Waals surface area contributed by atoms with Crippen molar-refractivity contribution in [1.82, 2.24) is 10.6 Å². The number of carbonyl (C=O) groups excluding carboxylic acids is 1. The number of ether oxygens (including phenoxy) is 1. The second-order valence-corrected chi connectivity index (χ2v) is 5.89. The summed E-state index contributed by atoms with van der Waals surface area (Å²) in [7, 11) is 0. The van der Waals surface area contributed by atoms with Crippen LogP contribution < -0.4 is 15.4 Å². The van der Waals surface area contributed by atoms with Crippen LogP contribution in [0.3, 0.4) is 0 Å². The maximum absolute atomic E-state index is 11.9. The van der Waals surface area contributed by atoms with Crippen molar-refractivity contribution in [1.29, 1.82) is 0 Å². The first-order valence-electron chi connectivity index (χ1n) is 7.88. The molecule has 0 atom stereocenters. The van der Waals surface area contributed by atoms with Crippen molar-refractivity contribution in [2.24, 2.45) is 5.92 Å². The second-order valence-electron chi connectivity index (χ2n) is 5.89. The molecule has 0 aliphatic carbocycles. The Balaban J connectivity index is 1.66. The lowest BCUT2D eigenvalue weighted by Gasteiger charge is -2.21. The van der Waals surface area contributed by atoms with Gasteiger partial charge in [-0.25, -0.2) is 0 Å². The van der Waals surface area contributed by atoms with E-state index >= 15 is 0 Å². The Morgan fingerprint density at radius 3 is 2.57 bits per heavy atom. The van der Waals surface area contributed by atoms with E-state index in [1.54, 1.807) is 0 Å². The molecule has 0 unspecified atom stereocenters. The number of amides is 1. The van der Waals surface area contributed by atoms with Gasteiger partial charge in [-0.1, -0.05) is 26.0 Å². The van der Waals surface area contributed by atoms with Crippen LogP contribution in [0.2, 0.25) is 0 Å². The zero-order valence-electron chi connectivity index (χ0n) is 13.0. The first-order valence-corrected chi connectivity index (χ1v) is 7.88. The van der Waals surface area contributed by atoms with E-state index in [1.807, 2.05) is 12.1 Å². The van der Waals surface area contributed by atoms with E-state index in [0.29, 0.717) is 19.1 Å². The maximum Gasteiger partial charge on any atom is 0.223 e. The van der Waals surface area contributed by atoms with E-state index < -0.39 is 0 Å². The lowest BCUT2D eigenvalue weighted by atomic mass is 9.97. The lowest BCUT2D eigenvalue weighted by Crippen LogP contribution is -2.39. The van der Waals surface area contributed by atoms with Crippen molar-refractivity contribution in [3.8, 4) is 5.75 Å². The Morgan fingerprint density at radius 2 is 1.95 bits per heavy atom. The third-order valence-corrected chi connectivity index (χ3v) is 3.93. The van der Waals surface area contributed by atoms with Gasteiger partial charge in [0.15, 0.2) is 0 Å². The predicted octanol–water partition coefficient (Wildman–Crippen LogP) is 2.30. The zero-order chi connectivity index (χ0) is 15.1. The molecule has 0 bridgehead atoms. The minimum absolute atomic E-state index is 0.162. The van der Waals surface area contributed by atoms with Gasteiger partial charge < -0.3 is 15.4 Å². The Morgan fingerprint density at radius 1 is 1.29 bits per heavy atom. The molecule has 4 nitrogen and oxygen atoms in total. The molecule has 21 heavy (non-hydrogen) atoms. The fourth-order valence-electron chi connectivity index (χ4n) is 2.52. The van der Waals surface area contributed by atoms with Crippen molar-refractivity contribution in [3.05, 3.63) is 29.8 Å². The Kier molecular flexibility index (Phi) is 6.05. The molecule has 116 valence electrons. The number of benzene rings is 1. The molecule has 1 amide bonds. The van der Waals surface area contributed by atoms with Gasteiger partial charge in [0.05, 0.1) is 6.54 Å². The van der Waals surface area contributed by atoms with E-state index in [4.69, 9.17) is 4.74 Å². The van der Waals surface area contributed by atoms with Crippen molar-refractivity contribution >= 4 is 5.91 Å². The summed E-state index contributed by atoms with van der Waals surface area (Å²) >= 11 is 0. The number of hydrogen-bond acceptors (Lipinski definition) is 3. The zero-order valence-corrected chi connectivity index (χ0v) is 13.0. The summed E-state index contributed by atoms with van der Waals surface area (Å²) < 4.78 is 5.65. The number of piperidine rings is 1. The van der Waals surface area contributed by atoms with Gasteiger partial charge in [0.2, 0.25) is 5.91 Å². The Bertz CT molecular complexity index is 437. The van der Waals surface area contributed by atoms with Gasteiger partial charge in [-0.2, -0.15) is 0 Å². The first kappa shape index (κ1) is 15.8. The molecule has 1 aliphatic rings. The second kappa shape index (κ2) is 8.03. The van der Waals surface area contributed by atoms with Crippen molar-refractivity contribution in [2.75, 3.05) is 26.2 Å². The summed E-state index contributed by atoms with van der Waals surface area (Å²) in [6, 6.07) is 8.16. The van der Waals surface area contributed by atoms with Crippen LogP contribution in [-0.4, -0.2) is 32.1 Å². The molecular formula is C17H26N2O2. The highest BCUT2D eigenvalue weighted by Crippen LogP contribution is 2.18. The third-order valence-electron chi connectivity index (χ3n) is 3.93. The lowest BCUT2D eigenvalue weighted by molar-refractivity contribution is -0.125. The van der Waals surface area contributed by atoms with Crippen LogP contribution >= 0.6 is 0 Å². The molecule has 4 heteroatoms. The van der Waals surface area contributed by atoms with Crippen LogP contribution in [0.15, 0.2) is 24.3 Å². The molecule has 0 spiro atoms. The molecule has 1 heterocycles. The number of rotatable bonds is 6. The molecule has 1 fully saturated rings. The largest absolute Gasteiger partial charge is 0.492 e. The molecule has 1 aromatic carbocycles. The van der Waals surface area contributed by atoms with Gasteiger partial charge in [-0.3, -0.25) is 4.79 Å². The summed E-state index contributed by atoms with van der Waals surface area (Å²) in [6.07, 6.45) is 1.87. The van der Waals surface area contributed by atoms with Gasteiger partial charge in [0.1, 0.15) is 12.4 Å². The third kappa shape index (κ3) is 5.05. The van der Waals surface area contributed by atoms with Crippen LogP contribution in [-0.2, 0) is 4.79 Å². The summed E-state index contributed by atoms with van der Waals surface area (Å²) in [4.78, 5) is 11.9. The first-order chi connectivity index (χ1) is 10.2. The topological polar surface area (TPSA) is 50.4 Å². The normalized spacial score (nSPS) is 16.0. The summed E-state index contributed by atoms with van der Waals surface area (Å²) in [6.45, 7) is 7.30. The quantitative estimate of drug-likeness (QED) is 0.791. The highest BCUT2D eigenvalue weighted by atomic mass is 16.5. The van der Waals surface area contributed by atoms with Crippen molar-refractivity contribution in [3.63, 3.8) is 0 Å². The van der Waals surface area contributed by atoms with E-state index in [-0.39, 0.29) is 11.8 Å². The van der Waals surface area contributed by atoms with E-state index in [0.717, 1.165) is 31.7 Å². The number of hydrogen-bond donors (Lipinski definition) is 2. The molecular weight excluding hydrogens is 264 g/mol. The van der Waals surface area contributed by atoms with E-state index in [2.05, 4.69) is 36.6 Å². The molecule has 1 aliphatic heterocycles. The standard InChI is InChI=1S/C17H26N2O2/c1-13(2)14-3-5-16(6-4-14)21-12-11-19-17(20)15-7-9-18-10-8-15/h3-6,13,15,18H,7-12H2,1-2H3,(H,19,20). The summed E-state index contributed by atoms with van der Waals surface area (Å²) in [5.74, 6) is 1.71. The molecule has 0 aromatic heterocycles. The smallest absolute Gasteiger partial charge is 0.223 e. The highest BCUT2D eigenvalue weighted by Gasteiger charge is 2.20. The van der Waals surface area contributed by atoms with Crippen LogP contribution in [0.5, 0.6) is 5.75 Å².